The number of hydrogen-bond donors (Lipinski definition) is 2. The van der Waals surface area contributed by atoms with Gasteiger partial charge in [-0.1, -0.05) is 65.7 Å². The van der Waals surface area contributed by atoms with Crippen molar-refractivity contribution in [2.24, 2.45) is 0 Å². The monoisotopic (exact) mass is 438 g/mol. The van der Waals surface area contributed by atoms with Gasteiger partial charge in [-0.3, -0.25) is 0 Å². The third-order valence-electron chi connectivity index (χ3n) is 4.77. The lowest BCUT2D eigenvalue weighted by atomic mass is 9.94. The number of ether oxygens (including phenoxy) is 1. The molecule has 30 heavy (non-hydrogen) atoms. The van der Waals surface area contributed by atoms with E-state index in [4.69, 9.17) is 28.6 Å². The number of hydrogen-bond acceptors (Lipinski definition) is 3. The number of benzene rings is 3. The molecule has 3 aromatic rings. The van der Waals surface area contributed by atoms with Crippen LogP contribution in [-0.4, -0.2) is 18.2 Å². The molecular weight excluding hydrogens is 416 g/mol. The number of esters is 1. The van der Waals surface area contributed by atoms with Crippen molar-refractivity contribution in [2.45, 2.75) is 19.9 Å². The topological polar surface area (TPSA) is 50.4 Å². The molecule has 0 saturated heterocycles. The molecule has 0 aromatic heterocycles. The average Bonchev–Trinajstić information content (AvgIpc) is 2.74. The van der Waals surface area contributed by atoms with Crippen LogP contribution in [0.3, 0.4) is 0 Å². The fourth-order valence-electron chi connectivity index (χ4n) is 3.30. The van der Waals surface area contributed by atoms with Crippen molar-refractivity contribution in [1.82, 2.24) is 5.32 Å². The van der Waals surface area contributed by atoms with E-state index in [1.165, 1.54) is 18.2 Å². The SMILES string of the molecule is COC(=O)c1cc(NC(=S)N[C@@H](c2ccccc2)c2ccc(C)cc2C)ccc1Cl. The van der Waals surface area contributed by atoms with Crippen LogP contribution < -0.4 is 10.6 Å². The fourth-order valence-corrected chi connectivity index (χ4v) is 3.73. The molecule has 4 nitrogen and oxygen atoms in total. The molecule has 0 fully saturated rings. The lowest BCUT2D eigenvalue weighted by Gasteiger charge is -2.24. The Morgan fingerprint density at radius 2 is 1.77 bits per heavy atom. The Morgan fingerprint density at radius 1 is 1.03 bits per heavy atom. The van der Waals surface area contributed by atoms with Gasteiger partial charge in [0, 0.05) is 5.69 Å². The van der Waals surface area contributed by atoms with Gasteiger partial charge in [-0.05, 0) is 61.0 Å². The van der Waals surface area contributed by atoms with Crippen LogP contribution in [0.1, 0.15) is 38.7 Å². The van der Waals surface area contributed by atoms with Crippen molar-refractivity contribution < 1.29 is 9.53 Å². The predicted octanol–water partition coefficient (Wildman–Crippen LogP) is 5.82. The number of carbonyl (C=O) groups is 1. The van der Waals surface area contributed by atoms with Gasteiger partial charge in [0.15, 0.2) is 5.11 Å². The van der Waals surface area contributed by atoms with E-state index < -0.39 is 5.97 Å². The minimum absolute atomic E-state index is 0.126. The summed E-state index contributed by atoms with van der Waals surface area (Å²) in [4.78, 5) is 11.9. The second-order valence-electron chi connectivity index (χ2n) is 6.99. The van der Waals surface area contributed by atoms with Crippen LogP contribution in [0.4, 0.5) is 5.69 Å². The average molecular weight is 439 g/mol. The van der Waals surface area contributed by atoms with E-state index in [-0.39, 0.29) is 11.6 Å². The summed E-state index contributed by atoms with van der Waals surface area (Å²) in [5.74, 6) is -0.500. The standard InChI is InChI=1S/C24H23ClN2O2S/c1-15-9-11-19(16(2)13-15)22(17-7-5-4-6-8-17)27-24(30)26-18-10-12-21(25)20(14-18)23(28)29-3/h4-14,22H,1-3H3,(H2,26,27,30)/t22-/m0/s1. The minimum Gasteiger partial charge on any atom is -0.465 e. The van der Waals surface area contributed by atoms with Crippen molar-refractivity contribution in [3.05, 3.63) is 99.6 Å². The number of halogens is 1. The molecule has 0 aliphatic carbocycles. The molecule has 0 aliphatic heterocycles. The second-order valence-corrected chi connectivity index (χ2v) is 7.80. The highest BCUT2D eigenvalue weighted by atomic mass is 35.5. The van der Waals surface area contributed by atoms with E-state index in [2.05, 4.69) is 54.8 Å². The van der Waals surface area contributed by atoms with E-state index in [0.29, 0.717) is 15.8 Å². The molecule has 0 radical (unpaired) electrons. The lowest BCUT2D eigenvalue weighted by molar-refractivity contribution is 0.0601. The first-order chi connectivity index (χ1) is 14.4. The van der Waals surface area contributed by atoms with Crippen molar-refractivity contribution in [3.63, 3.8) is 0 Å². The van der Waals surface area contributed by atoms with E-state index in [1.807, 2.05) is 18.2 Å². The van der Waals surface area contributed by atoms with Gasteiger partial charge < -0.3 is 15.4 Å². The van der Waals surface area contributed by atoms with Gasteiger partial charge in [-0.15, -0.1) is 0 Å². The second kappa shape index (κ2) is 9.74. The third kappa shape index (κ3) is 5.17. The number of carbonyl (C=O) groups excluding carboxylic acids is 1. The normalized spacial score (nSPS) is 11.5. The molecule has 6 heteroatoms. The Labute approximate surface area is 187 Å². The quantitative estimate of drug-likeness (QED) is 0.388. The molecule has 0 heterocycles. The first-order valence-corrected chi connectivity index (χ1v) is 10.2. The summed E-state index contributed by atoms with van der Waals surface area (Å²) in [5.41, 5.74) is 5.55. The zero-order valence-corrected chi connectivity index (χ0v) is 18.6. The molecule has 0 bridgehead atoms. The molecule has 0 aliphatic rings. The molecule has 0 unspecified atom stereocenters. The van der Waals surface area contributed by atoms with Crippen molar-refractivity contribution in [1.29, 1.82) is 0 Å². The summed E-state index contributed by atoms with van der Waals surface area (Å²) in [6, 6.07) is 21.4. The highest BCUT2D eigenvalue weighted by Gasteiger charge is 2.18. The van der Waals surface area contributed by atoms with Gasteiger partial charge >= 0.3 is 5.97 Å². The molecule has 0 spiro atoms. The smallest absolute Gasteiger partial charge is 0.339 e. The Morgan fingerprint density at radius 3 is 2.43 bits per heavy atom. The summed E-state index contributed by atoms with van der Waals surface area (Å²) in [5, 5.41) is 7.31. The lowest BCUT2D eigenvalue weighted by Crippen LogP contribution is -2.33. The number of methoxy groups -OCH3 is 1. The van der Waals surface area contributed by atoms with Crippen molar-refractivity contribution in [3.8, 4) is 0 Å². The van der Waals surface area contributed by atoms with Gasteiger partial charge in [0.1, 0.15) is 0 Å². The summed E-state index contributed by atoms with van der Waals surface area (Å²) >= 11 is 11.7. The summed E-state index contributed by atoms with van der Waals surface area (Å²) in [6.07, 6.45) is 0. The molecule has 3 aromatic carbocycles. The number of anilines is 1. The molecule has 0 saturated carbocycles. The predicted molar refractivity (Wildman–Crippen MR) is 126 cm³/mol. The fraction of sp³-hybridized carbons (Fsp3) is 0.167. The molecule has 0 amide bonds. The summed E-state index contributed by atoms with van der Waals surface area (Å²) < 4.78 is 4.78. The number of thiocarbonyl (C=S) groups is 1. The number of rotatable bonds is 5. The molecule has 3 rings (SSSR count). The maximum absolute atomic E-state index is 11.9. The van der Waals surface area contributed by atoms with E-state index >= 15 is 0 Å². The molecule has 1 atom stereocenters. The van der Waals surface area contributed by atoms with E-state index in [0.717, 1.165) is 11.1 Å². The summed E-state index contributed by atoms with van der Waals surface area (Å²) in [6.45, 7) is 4.17. The zero-order valence-electron chi connectivity index (χ0n) is 17.0. The Balaban J connectivity index is 1.86. The van der Waals surface area contributed by atoms with Crippen LogP contribution in [0.5, 0.6) is 0 Å². The van der Waals surface area contributed by atoms with Crippen molar-refractivity contribution >= 4 is 40.6 Å². The largest absolute Gasteiger partial charge is 0.465 e. The van der Waals surface area contributed by atoms with Crippen LogP contribution >= 0.6 is 23.8 Å². The van der Waals surface area contributed by atoms with Gasteiger partial charge in [0.05, 0.1) is 23.7 Å². The van der Waals surface area contributed by atoms with Gasteiger partial charge in [-0.25, -0.2) is 4.79 Å². The van der Waals surface area contributed by atoms with Gasteiger partial charge in [0.25, 0.3) is 0 Å². The maximum atomic E-state index is 11.9. The van der Waals surface area contributed by atoms with Gasteiger partial charge in [0.2, 0.25) is 0 Å². The molecular formula is C24H23ClN2O2S. The Bertz CT molecular complexity index is 1070. The first-order valence-electron chi connectivity index (χ1n) is 9.46. The van der Waals surface area contributed by atoms with Crippen LogP contribution in [0.15, 0.2) is 66.7 Å². The van der Waals surface area contributed by atoms with E-state index in [9.17, 15) is 4.79 Å². The third-order valence-corrected chi connectivity index (χ3v) is 5.32. The van der Waals surface area contributed by atoms with Crippen LogP contribution in [0, 0.1) is 13.8 Å². The molecule has 2 N–H and O–H groups in total. The minimum atomic E-state index is -0.500. The highest BCUT2D eigenvalue weighted by molar-refractivity contribution is 7.80. The number of nitrogens with one attached hydrogen (secondary N) is 2. The van der Waals surface area contributed by atoms with Crippen molar-refractivity contribution in [2.75, 3.05) is 12.4 Å². The van der Waals surface area contributed by atoms with Crippen LogP contribution in [-0.2, 0) is 4.74 Å². The maximum Gasteiger partial charge on any atom is 0.339 e. The Kier molecular flexibility index (Phi) is 7.08. The first kappa shape index (κ1) is 21.8. The zero-order chi connectivity index (χ0) is 21.7. The number of aryl methyl sites for hydroxylation is 2. The molecule has 154 valence electrons. The Hall–Kier alpha value is -2.89. The highest BCUT2D eigenvalue weighted by Crippen LogP contribution is 2.26. The summed E-state index contributed by atoms with van der Waals surface area (Å²) in [7, 11) is 1.32. The van der Waals surface area contributed by atoms with E-state index in [1.54, 1.807) is 18.2 Å². The van der Waals surface area contributed by atoms with Crippen LogP contribution in [0.25, 0.3) is 0 Å². The van der Waals surface area contributed by atoms with Crippen LogP contribution in [0.2, 0.25) is 5.02 Å². The van der Waals surface area contributed by atoms with Gasteiger partial charge in [-0.2, -0.15) is 0 Å².